The molecule has 3 rings (SSSR count). The number of carbonyl (C=O) groups is 1. The van der Waals surface area contributed by atoms with Crippen LogP contribution in [0.4, 0.5) is 0 Å². The topological polar surface area (TPSA) is 50.2 Å². The van der Waals surface area contributed by atoms with Gasteiger partial charge in [0.1, 0.15) is 5.69 Å². The number of fused-ring (bicyclic) bond motifs is 2. The first-order valence-corrected chi connectivity index (χ1v) is 8.20. The van der Waals surface area contributed by atoms with E-state index in [-0.39, 0.29) is 5.91 Å². The van der Waals surface area contributed by atoms with Crippen molar-refractivity contribution in [2.45, 2.75) is 58.7 Å². The van der Waals surface area contributed by atoms with Gasteiger partial charge >= 0.3 is 0 Å². The molecular formula is C16H26N4O. The Hall–Kier alpha value is -1.36. The molecule has 0 saturated carbocycles. The lowest BCUT2D eigenvalue weighted by Gasteiger charge is -2.35. The molecule has 1 N–H and O–H groups in total. The summed E-state index contributed by atoms with van der Waals surface area (Å²) in [5.41, 5.74) is 1.81. The first kappa shape index (κ1) is 14.6. The number of hydrogen-bond donors (Lipinski definition) is 1. The van der Waals surface area contributed by atoms with E-state index in [1.165, 1.54) is 0 Å². The van der Waals surface area contributed by atoms with E-state index in [4.69, 9.17) is 0 Å². The Labute approximate surface area is 126 Å². The van der Waals surface area contributed by atoms with Crippen LogP contribution in [-0.4, -0.2) is 45.8 Å². The molecule has 1 aromatic heterocycles. The maximum absolute atomic E-state index is 13.0. The summed E-state index contributed by atoms with van der Waals surface area (Å²) in [7, 11) is 0. The van der Waals surface area contributed by atoms with Crippen molar-refractivity contribution in [3.05, 3.63) is 17.5 Å². The van der Waals surface area contributed by atoms with Crippen LogP contribution in [0.15, 0.2) is 6.07 Å². The molecule has 0 spiro atoms. The molecule has 2 bridgehead atoms. The molecule has 5 nitrogen and oxygen atoms in total. The van der Waals surface area contributed by atoms with Crippen LogP contribution in [0.3, 0.4) is 0 Å². The summed E-state index contributed by atoms with van der Waals surface area (Å²) >= 11 is 0. The lowest BCUT2D eigenvalue weighted by Crippen LogP contribution is -2.54. The molecule has 1 amide bonds. The lowest BCUT2D eigenvalue weighted by molar-refractivity contribution is 0.0606. The molecule has 2 atom stereocenters. The van der Waals surface area contributed by atoms with Crippen LogP contribution in [0.1, 0.15) is 49.8 Å². The first-order valence-electron chi connectivity index (χ1n) is 8.20. The highest BCUT2D eigenvalue weighted by atomic mass is 16.2. The summed E-state index contributed by atoms with van der Waals surface area (Å²) < 4.78 is 1.88. The standard InChI is InChI=1S/C16H26N4O/c1-4-19-15(8-12(18-19)7-11(2)3)16(21)20-13-5-6-14(20)10-17-9-13/h8,11,13-14,17H,4-7,9-10H2,1-3H3/t13-,14+. The highest BCUT2D eigenvalue weighted by molar-refractivity contribution is 5.93. The zero-order valence-corrected chi connectivity index (χ0v) is 13.3. The zero-order valence-electron chi connectivity index (χ0n) is 13.3. The Balaban J connectivity index is 1.85. The third-order valence-corrected chi connectivity index (χ3v) is 4.58. The molecule has 2 saturated heterocycles. The molecule has 21 heavy (non-hydrogen) atoms. The van der Waals surface area contributed by atoms with Gasteiger partial charge in [0, 0.05) is 31.7 Å². The lowest BCUT2D eigenvalue weighted by atomic mass is 10.1. The minimum atomic E-state index is 0.174. The van der Waals surface area contributed by atoms with Gasteiger partial charge in [0.25, 0.3) is 5.91 Å². The third-order valence-electron chi connectivity index (χ3n) is 4.58. The fourth-order valence-corrected chi connectivity index (χ4v) is 3.64. The monoisotopic (exact) mass is 290 g/mol. The van der Waals surface area contributed by atoms with Crippen LogP contribution in [-0.2, 0) is 13.0 Å². The summed E-state index contributed by atoms with van der Waals surface area (Å²) in [6.45, 7) is 9.03. The smallest absolute Gasteiger partial charge is 0.272 e. The summed E-state index contributed by atoms with van der Waals surface area (Å²) in [6.07, 6.45) is 3.19. The second-order valence-corrected chi connectivity index (χ2v) is 6.69. The van der Waals surface area contributed by atoms with Crippen molar-refractivity contribution >= 4 is 5.91 Å². The maximum Gasteiger partial charge on any atom is 0.272 e. The number of rotatable bonds is 4. The van der Waals surface area contributed by atoms with Gasteiger partial charge in [0.05, 0.1) is 5.69 Å². The highest BCUT2D eigenvalue weighted by Gasteiger charge is 2.40. The van der Waals surface area contributed by atoms with Crippen LogP contribution in [0, 0.1) is 5.92 Å². The predicted molar refractivity (Wildman–Crippen MR) is 82.3 cm³/mol. The molecule has 5 heteroatoms. The summed E-state index contributed by atoms with van der Waals surface area (Å²) in [5.74, 6) is 0.733. The number of nitrogens with zero attached hydrogens (tertiary/aromatic N) is 3. The van der Waals surface area contributed by atoms with Crippen molar-refractivity contribution in [2.75, 3.05) is 13.1 Å². The number of aromatic nitrogens is 2. The van der Waals surface area contributed by atoms with Crippen LogP contribution in [0.2, 0.25) is 0 Å². The number of amides is 1. The molecule has 2 aliphatic heterocycles. The normalized spacial score (nSPS) is 24.9. The van der Waals surface area contributed by atoms with Crippen molar-refractivity contribution in [3.63, 3.8) is 0 Å². The van der Waals surface area contributed by atoms with E-state index >= 15 is 0 Å². The molecule has 0 aliphatic carbocycles. The number of aryl methyl sites for hydroxylation is 1. The predicted octanol–water partition coefficient (Wildman–Crippen LogP) is 1.68. The molecule has 116 valence electrons. The van der Waals surface area contributed by atoms with Crippen molar-refractivity contribution in [1.29, 1.82) is 0 Å². The van der Waals surface area contributed by atoms with Gasteiger partial charge in [-0.2, -0.15) is 5.10 Å². The van der Waals surface area contributed by atoms with E-state index in [1.54, 1.807) is 0 Å². The number of hydrogen-bond acceptors (Lipinski definition) is 3. The minimum absolute atomic E-state index is 0.174. The Morgan fingerprint density at radius 2 is 2.05 bits per heavy atom. The first-order chi connectivity index (χ1) is 10.1. The van der Waals surface area contributed by atoms with Crippen LogP contribution in [0.5, 0.6) is 0 Å². The maximum atomic E-state index is 13.0. The highest BCUT2D eigenvalue weighted by Crippen LogP contribution is 2.28. The van der Waals surface area contributed by atoms with Gasteiger partial charge in [-0.3, -0.25) is 9.48 Å². The van der Waals surface area contributed by atoms with Crippen molar-refractivity contribution < 1.29 is 4.79 Å². The molecule has 3 heterocycles. The third kappa shape index (κ3) is 2.71. The SMILES string of the molecule is CCn1nc(CC(C)C)cc1C(=O)N1[C@@H]2CC[C@H]1CNC2. The van der Waals surface area contributed by atoms with Crippen molar-refractivity contribution in [2.24, 2.45) is 5.92 Å². The minimum Gasteiger partial charge on any atom is -0.329 e. The zero-order chi connectivity index (χ0) is 15.0. The van der Waals surface area contributed by atoms with Gasteiger partial charge < -0.3 is 10.2 Å². The summed E-state index contributed by atoms with van der Waals surface area (Å²) in [5, 5.41) is 8.04. The molecular weight excluding hydrogens is 264 g/mol. The molecule has 0 radical (unpaired) electrons. The van der Waals surface area contributed by atoms with Crippen molar-refractivity contribution in [1.82, 2.24) is 20.0 Å². The molecule has 2 aliphatic rings. The van der Waals surface area contributed by atoms with E-state index in [9.17, 15) is 4.79 Å². The van der Waals surface area contributed by atoms with Gasteiger partial charge in [-0.1, -0.05) is 13.8 Å². The molecule has 1 aromatic rings. The second-order valence-electron chi connectivity index (χ2n) is 6.69. The quantitative estimate of drug-likeness (QED) is 0.918. The van der Waals surface area contributed by atoms with Gasteiger partial charge in [-0.05, 0) is 38.2 Å². The van der Waals surface area contributed by atoms with Crippen molar-refractivity contribution in [3.8, 4) is 0 Å². The Bertz CT molecular complexity index is 506. The van der Waals surface area contributed by atoms with E-state index in [1.807, 2.05) is 10.7 Å². The van der Waals surface area contributed by atoms with Gasteiger partial charge in [-0.15, -0.1) is 0 Å². The number of piperazine rings is 1. The molecule has 2 fully saturated rings. The van der Waals surface area contributed by atoms with Crippen LogP contribution < -0.4 is 5.32 Å². The van der Waals surface area contributed by atoms with Gasteiger partial charge in [0.2, 0.25) is 0 Å². The molecule has 0 unspecified atom stereocenters. The van der Waals surface area contributed by atoms with E-state index in [0.717, 1.165) is 50.3 Å². The Morgan fingerprint density at radius 1 is 1.38 bits per heavy atom. The second kappa shape index (κ2) is 5.79. The van der Waals surface area contributed by atoms with Gasteiger partial charge in [-0.25, -0.2) is 0 Å². The summed E-state index contributed by atoms with van der Waals surface area (Å²) in [4.78, 5) is 15.1. The number of carbonyl (C=O) groups excluding carboxylic acids is 1. The van der Waals surface area contributed by atoms with Crippen LogP contribution >= 0.6 is 0 Å². The average molecular weight is 290 g/mol. The number of nitrogens with one attached hydrogen (secondary N) is 1. The van der Waals surface area contributed by atoms with E-state index < -0.39 is 0 Å². The Morgan fingerprint density at radius 3 is 2.62 bits per heavy atom. The fourth-order valence-electron chi connectivity index (χ4n) is 3.64. The largest absolute Gasteiger partial charge is 0.329 e. The van der Waals surface area contributed by atoms with E-state index in [2.05, 4.69) is 36.1 Å². The Kier molecular flexibility index (Phi) is 4.02. The van der Waals surface area contributed by atoms with E-state index in [0.29, 0.717) is 18.0 Å². The fraction of sp³-hybridized carbons (Fsp3) is 0.750. The summed E-state index contributed by atoms with van der Waals surface area (Å²) in [6, 6.07) is 2.74. The molecule has 0 aromatic carbocycles. The van der Waals surface area contributed by atoms with Gasteiger partial charge in [0.15, 0.2) is 0 Å². The average Bonchev–Trinajstić information content (AvgIpc) is 2.96. The van der Waals surface area contributed by atoms with Crippen LogP contribution in [0.25, 0.3) is 0 Å².